The monoisotopic (exact) mass is 359 g/mol. The predicted octanol–water partition coefficient (Wildman–Crippen LogP) is 1.86. The molecule has 8 nitrogen and oxygen atoms in total. The van der Waals surface area contributed by atoms with Crippen LogP contribution >= 0.6 is 0 Å². The van der Waals surface area contributed by atoms with Crippen molar-refractivity contribution in [1.29, 1.82) is 0 Å². The van der Waals surface area contributed by atoms with E-state index in [2.05, 4.69) is 20.2 Å². The van der Waals surface area contributed by atoms with Crippen molar-refractivity contribution in [2.24, 2.45) is 0 Å². The summed E-state index contributed by atoms with van der Waals surface area (Å²) in [7, 11) is 0. The Morgan fingerprint density at radius 1 is 1.38 bits per heavy atom. The number of anilines is 2. The number of nitrogens with two attached hydrogens (primary N) is 1. The number of carbonyl (C=O) groups is 1. The fourth-order valence-electron chi connectivity index (χ4n) is 3.23. The lowest BCUT2D eigenvalue weighted by Gasteiger charge is -2.19. The lowest BCUT2D eigenvalue weighted by Crippen LogP contribution is -2.38. The number of nitrogen functional groups attached to an aromatic ring is 1. The van der Waals surface area contributed by atoms with E-state index in [4.69, 9.17) is 14.9 Å². The molecule has 2 aromatic rings. The maximum Gasteiger partial charge on any atom is 0.225 e. The van der Waals surface area contributed by atoms with Gasteiger partial charge in [-0.2, -0.15) is 9.97 Å². The van der Waals surface area contributed by atoms with E-state index in [-0.39, 0.29) is 29.9 Å². The van der Waals surface area contributed by atoms with Crippen LogP contribution in [0.4, 0.5) is 11.8 Å². The number of hydrogen-bond donors (Lipinski definition) is 2. The smallest absolute Gasteiger partial charge is 0.225 e. The van der Waals surface area contributed by atoms with Gasteiger partial charge >= 0.3 is 0 Å². The minimum Gasteiger partial charge on any atom is -0.475 e. The predicted molar refractivity (Wildman–Crippen MR) is 98.2 cm³/mol. The molecule has 8 heteroatoms. The van der Waals surface area contributed by atoms with E-state index in [0.29, 0.717) is 24.8 Å². The van der Waals surface area contributed by atoms with Crippen LogP contribution in [-0.2, 0) is 4.79 Å². The number of aromatic nitrogens is 2. The van der Waals surface area contributed by atoms with Gasteiger partial charge in [0, 0.05) is 26.1 Å². The first-order valence-electron chi connectivity index (χ1n) is 8.71. The number of hydrogen-bond acceptors (Lipinski definition) is 7. The molecule has 1 fully saturated rings. The Labute approximate surface area is 152 Å². The minimum absolute atomic E-state index is 0.0123. The topological polar surface area (TPSA) is 107 Å². The third-order valence-corrected chi connectivity index (χ3v) is 4.22. The first kappa shape index (κ1) is 18.0. The normalized spacial score (nSPS) is 19.8. The maximum absolute atomic E-state index is 11.6. The zero-order chi connectivity index (χ0) is 18.8. The average Bonchev–Trinajstić information content (AvgIpc) is 3.11. The molecule has 0 aromatic carbocycles. The van der Waals surface area contributed by atoms with Gasteiger partial charge in [-0.1, -0.05) is 0 Å². The molecular formula is C18H25N5O3. The molecule has 3 N–H and O–H groups in total. The lowest BCUT2D eigenvalue weighted by atomic mass is 10.0. The summed E-state index contributed by atoms with van der Waals surface area (Å²) in [5.74, 6) is 2.93. The van der Waals surface area contributed by atoms with Crippen LogP contribution in [0.15, 0.2) is 22.6 Å². The molecular weight excluding hydrogens is 334 g/mol. The molecule has 0 unspecified atom stereocenters. The second kappa shape index (κ2) is 7.23. The summed E-state index contributed by atoms with van der Waals surface area (Å²) in [5, 5.41) is 3.01. The van der Waals surface area contributed by atoms with E-state index in [1.165, 1.54) is 6.92 Å². The molecule has 3 rings (SSSR count). The quantitative estimate of drug-likeness (QED) is 0.839. The van der Waals surface area contributed by atoms with Crippen molar-refractivity contribution < 1.29 is 13.9 Å². The van der Waals surface area contributed by atoms with Gasteiger partial charge in [-0.15, -0.1) is 0 Å². The Kier molecular flexibility index (Phi) is 5.01. The first-order chi connectivity index (χ1) is 12.3. The van der Waals surface area contributed by atoms with Crippen molar-refractivity contribution in [1.82, 2.24) is 15.3 Å². The van der Waals surface area contributed by atoms with Crippen molar-refractivity contribution in [2.45, 2.75) is 45.8 Å². The zero-order valence-electron chi connectivity index (χ0n) is 15.5. The number of aryl methyl sites for hydroxylation is 1. The molecule has 1 aliphatic heterocycles. The molecule has 2 aromatic heterocycles. The summed E-state index contributed by atoms with van der Waals surface area (Å²) in [6, 6.07) is 5.58. The van der Waals surface area contributed by atoms with Gasteiger partial charge in [-0.25, -0.2) is 0 Å². The van der Waals surface area contributed by atoms with Crippen LogP contribution in [0.2, 0.25) is 0 Å². The second-order valence-corrected chi connectivity index (χ2v) is 6.86. The third-order valence-electron chi connectivity index (χ3n) is 4.22. The van der Waals surface area contributed by atoms with E-state index >= 15 is 0 Å². The molecule has 0 aliphatic carbocycles. The van der Waals surface area contributed by atoms with Crippen LogP contribution in [0.3, 0.4) is 0 Å². The van der Waals surface area contributed by atoms with Crippen LogP contribution < -0.4 is 20.7 Å². The number of nitrogens with zero attached hydrogens (tertiary/aromatic N) is 3. The maximum atomic E-state index is 11.6. The van der Waals surface area contributed by atoms with E-state index in [9.17, 15) is 4.79 Å². The SMILES string of the molecule is CC(=O)N[C@H]1CN(c2cc(OC(C)C)nc(N)n2)C[C@@H]1c1ccc(C)o1. The number of furan rings is 1. The highest BCUT2D eigenvalue weighted by Crippen LogP contribution is 2.32. The molecule has 0 bridgehead atoms. The highest BCUT2D eigenvalue weighted by molar-refractivity contribution is 5.73. The van der Waals surface area contributed by atoms with E-state index < -0.39 is 0 Å². The summed E-state index contributed by atoms with van der Waals surface area (Å²) in [5.41, 5.74) is 5.85. The Morgan fingerprint density at radius 3 is 2.77 bits per heavy atom. The van der Waals surface area contributed by atoms with E-state index in [1.807, 2.05) is 32.9 Å². The highest BCUT2D eigenvalue weighted by Gasteiger charge is 2.37. The van der Waals surface area contributed by atoms with Crippen LogP contribution in [-0.4, -0.2) is 41.1 Å². The molecule has 1 amide bonds. The van der Waals surface area contributed by atoms with Gasteiger partial charge in [0.25, 0.3) is 0 Å². The lowest BCUT2D eigenvalue weighted by molar-refractivity contribution is -0.119. The fraction of sp³-hybridized carbons (Fsp3) is 0.500. The van der Waals surface area contributed by atoms with Crippen molar-refractivity contribution >= 4 is 17.7 Å². The first-order valence-corrected chi connectivity index (χ1v) is 8.71. The fourth-order valence-corrected chi connectivity index (χ4v) is 3.23. The van der Waals surface area contributed by atoms with Crippen molar-refractivity contribution in [3.8, 4) is 5.88 Å². The molecule has 3 heterocycles. The van der Waals surface area contributed by atoms with Gasteiger partial charge in [0.2, 0.25) is 17.7 Å². The Hall–Kier alpha value is -2.77. The summed E-state index contributed by atoms with van der Waals surface area (Å²) in [6.45, 7) is 8.53. The second-order valence-electron chi connectivity index (χ2n) is 6.86. The summed E-state index contributed by atoms with van der Waals surface area (Å²) in [4.78, 5) is 22.2. The number of ether oxygens (including phenoxy) is 1. The van der Waals surface area contributed by atoms with Crippen LogP contribution in [0.5, 0.6) is 5.88 Å². The minimum atomic E-state index is -0.0799. The van der Waals surface area contributed by atoms with Crippen molar-refractivity contribution in [2.75, 3.05) is 23.7 Å². The van der Waals surface area contributed by atoms with Gasteiger partial charge < -0.3 is 25.1 Å². The van der Waals surface area contributed by atoms with Crippen LogP contribution in [0.25, 0.3) is 0 Å². The molecule has 2 atom stereocenters. The Morgan fingerprint density at radius 2 is 2.15 bits per heavy atom. The van der Waals surface area contributed by atoms with Crippen LogP contribution in [0, 0.1) is 6.92 Å². The molecule has 0 spiro atoms. The number of nitrogens with one attached hydrogen (secondary N) is 1. The molecule has 0 radical (unpaired) electrons. The molecule has 140 valence electrons. The summed E-state index contributed by atoms with van der Waals surface area (Å²) >= 11 is 0. The number of rotatable bonds is 5. The van der Waals surface area contributed by atoms with Gasteiger partial charge in [0.05, 0.1) is 18.1 Å². The molecule has 1 aliphatic rings. The van der Waals surface area contributed by atoms with Gasteiger partial charge in [0.15, 0.2) is 0 Å². The number of carbonyl (C=O) groups excluding carboxylic acids is 1. The Bertz CT molecular complexity index is 789. The molecule has 26 heavy (non-hydrogen) atoms. The standard InChI is InChI=1S/C18H25N5O3/c1-10(2)25-17-7-16(21-18(19)22-17)23-8-13(14(9-23)20-12(4)24)15-6-5-11(3)26-15/h5-7,10,13-14H,8-9H2,1-4H3,(H,20,24)(H2,19,21,22)/t13-,14-/m0/s1. The van der Waals surface area contributed by atoms with Gasteiger partial charge in [-0.3, -0.25) is 4.79 Å². The van der Waals surface area contributed by atoms with E-state index in [1.54, 1.807) is 6.07 Å². The highest BCUT2D eigenvalue weighted by atomic mass is 16.5. The van der Waals surface area contributed by atoms with Gasteiger partial charge in [-0.05, 0) is 32.9 Å². The largest absolute Gasteiger partial charge is 0.475 e. The third kappa shape index (κ3) is 4.07. The summed E-state index contributed by atoms with van der Waals surface area (Å²) < 4.78 is 11.5. The van der Waals surface area contributed by atoms with Crippen molar-refractivity contribution in [3.05, 3.63) is 29.7 Å². The zero-order valence-corrected chi connectivity index (χ0v) is 15.5. The Balaban J connectivity index is 1.87. The number of amides is 1. The van der Waals surface area contributed by atoms with Crippen molar-refractivity contribution in [3.63, 3.8) is 0 Å². The summed E-state index contributed by atoms with van der Waals surface area (Å²) in [6.07, 6.45) is -0.0123. The molecule has 1 saturated heterocycles. The van der Waals surface area contributed by atoms with E-state index in [0.717, 1.165) is 11.5 Å². The van der Waals surface area contributed by atoms with Gasteiger partial charge in [0.1, 0.15) is 17.3 Å². The average molecular weight is 359 g/mol. The molecule has 0 saturated carbocycles. The van der Waals surface area contributed by atoms with Crippen LogP contribution in [0.1, 0.15) is 38.2 Å².